The van der Waals surface area contributed by atoms with Crippen LogP contribution in [0.1, 0.15) is 18.1 Å². The van der Waals surface area contributed by atoms with Crippen LogP contribution in [0.2, 0.25) is 0 Å². The van der Waals surface area contributed by atoms with E-state index in [2.05, 4.69) is 72.5 Å². The topological polar surface area (TPSA) is 48.5 Å². The highest BCUT2D eigenvalue weighted by Crippen LogP contribution is 2.36. The van der Waals surface area contributed by atoms with Gasteiger partial charge in [0, 0.05) is 5.56 Å². The van der Waals surface area contributed by atoms with Crippen molar-refractivity contribution in [1.82, 2.24) is 24.5 Å². The maximum atomic E-state index is 4.95. The molecule has 0 aliphatic heterocycles. The van der Waals surface area contributed by atoms with Crippen LogP contribution in [0.15, 0.2) is 66.2 Å². The fourth-order valence-electron chi connectivity index (χ4n) is 3.22. The van der Waals surface area contributed by atoms with Gasteiger partial charge in [0.05, 0.1) is 5.69 Å². The number of benzene rings is 2. The molecule has 2 aromatic heterocycles. The summed E-state index contributed by atoms with van der Waals surface area (Å²) in [6.07, 6.45) is 6.26. The SMILES string of the molecule is CCc1ccccc1-n1nc(SC)c(-n2cncn2)c1-c1ccc(C)cc1. The Morgan fingerprint density at radius 1 is 1.04 bits per heavy atom. The van der Waals surface area contributed by atoms with E-state index in [9.17, 15) is 0 Å². The minimum absolute atomic E-state index is 0.919. The molecule has 6 heteroatoms. The van der Waals surface area contributed by atoms with Gasteiger partial charge in [-0.2, -0.15) is 10.2 Å². The molecule has 0 aliphatic carbocycles. The second-order valence-corrected chi connectivity index (χ2v) is 7.10. The lowest BCUT2D eigenvalue weighted by Gasteiger charge is -2.13. The molecule has 0 spiro atoms. The third-order valence-corrected chi connectivity index (χ3v) is 5.26. The largest absolute Gasteiger partial charge is 0.229 e. The van der Waals surface area contributed by atoms with Crippen molar-refractivity contribution in [3.63, 3.8) is 0 Å². The molecule has 0 radical (unpaired) electrons. The second-order valence-electron chi connectivity index (χ2n) is 6.31. The summed E-state index contributed by atoms with van der Waals surface area (Å²) in [7, 11) is 0. The van der Waals surface area contributed by atoms with Gasteiger partial charge in [0.2, 0.25) is 0 Å². The van der Waals surface area contributed by atoms with Crippen molar-refractivity contribution in [2.75, 3.05) is 6.26 Å². The fraction of sp³-hybridized carbons (Fsp3) is 0.190. The molecule has 2 heterocycles. The van der Waals surface area contributed by atoms with Crippen molar-refractivity contribution in [3.05, 3.63) is 72.3 Å². The summed E-state index contributed by atoms with van der Waals surface area (Å²) in [4.78, 5) is 4.14. The molecule has 2 aromatic carbocycles. The third kappa shape index (κ3) is 3.17. The molecule has 27 heavy (non-hydrogen) atoms. The lowest BCUT2D eigenvalue weighted by molar-refractivity contribution is 0.824. The molecule has 136 valence electrons. The standard InChI is InChI=1S/C21H21N5S/c1-4-16-7-5-6-8-18(16)26-19(17-11-9-15(2)10-12-17)20(21(24-26)27-3)25-14-22-13-23-25/h5-14H,4H2,1-3H3. The first-order valence-corrected chi connectivity index (χ1v) is 10.1. The number of hydrogen-bond donors (Lipinski definition) is 0. The van der Waals surface area contributed by atoms with E-state index in [0.717, 1.165) is 34.1 Å². The highest BCUT2D eigenvalue weighted by atomic mass is 32.2. The van der Waals surface area contributed by atoms with Crippen molar-refractivity contribution in [2.45, 2.75) is 25.3 Å². The Kier molecular flexibility index (Phi) is 4.81. The number of thioether (sulfide) groups is 1. The van der Waals surface area contributed by atoms with Crippen LogP contribution in [-0.4, -0.2) is 30.8 Å². The van der Waals surface area contributed by atoms with E-state index in [4.69, 9.17) is 5.10 Å². The average Bonchev–Trinajstić information content (AvgIpc) is 3.36. The molecular weight excluding hydrogens is 354 g/mol. The molecule has 4 aromatic rings. The van der Waals surface area contributed by atoms with Crippen molar-refractivity contribution < 1.29 is 0 Å². The molecule has 0 fully saturated rings. The van der Waals surface area contributed by atoms with E-state index in [1.54, 1.807) is 29.1 Å². The predicted molar refractivity (Wildman–Crippen MR) is 110 cm³/mol. The monoisotopic (exact) mass is 375 g/mol. The van der Waals surface area contributed by atoms with Crippen LogP contribution in [0.5, 0.6) is 0 Å². The number of rotatable bonds is 5. The van der Waals surface area contributed by atoms with E-state index < -0.39 is 0 Å². The molecule has 0 bridgehead atoms. The summed E-state index contributed by atoms with van der Waals surface area (Å²) in [6, 6.07) is 16.9. The van der Waals surface area contributed by atoms with Gasteiger partial charge in [0.15, 0.2) is 0 Å². The van der Waals surface area contributed by atoms with Crippen LogP contribution in [-0.2, 0) is 6.42 Å². The van der Waals surface area contributed by atoms with Crippen molar-refractivity contribution in [2.24, 2.45) is 0 Å². The Morgan fingerprint density at radius 3 is 2.48 bits per heavy atom. The van der Waals surface area contributed by atoms with Gasteiger partial charge in [-0.3, -0.25) is 0 Å². The van der Waals surface area contributed by atoms with E-state index >= 15 is 0 Å². The first kappa shape index (κ1) is 17.5. The highest BCUT2D eigenvalue weighted by molar-refractivity contribution is 7.98. The molecule has 0 atom stereocenters. The molecular formula is C21H21N5S. The Morgan fingerprint density at radius 2 is 1.81 bits per heavy atom. The molecule has 0 unspecified atom stereocenters. The first-order valence-electron chi connectivity index (χ1n) is 8.90. The Hall–Kier alpha value is -2.86. The van der Waals surface area contributed by atoms with E-state index in [1.165, 1.54) is 11.1 Å². The van der Waals surface area contributed by atoms with Crippen molar-refractivity contribution >= 4 is 11.8 Å². The number of aryl methyl sites for hydroxylation is 2. The maximum absolute atomic E-state index is 4.95. The first-order chi connectivity index (χ1) is 13.2. The van der Waals surface area contributed by atoms with Crippen LogP contribution in [0.4, 0.5) is 0 Å². The van der Waals surface area contributed by atoms with E-state index in [0.29, 0.717) is 0 Å². The Bertz CT molecular complexity index is 1050. The zero-order valence-electron chi connectivity index (χ0n) is 15.6. The van der Waals surface area contributed by atoms with Gasteiger partial charge in [-0.15, -0.1) is 11.8 Å². The zero-order chi connectivity index (χ0) is 18.8. The van der Waals surface area contributed by atoms with Gasteiger partial charge in [-0.1, -0.05) is 55.0 Å². The lowest BCUT2D eigenvalue weighted by Crippen LogP contribution is -2.04. The molecule has 0 saturated carbocycles. The second kappa shape index (κ2) is 7.40. The molecule has 0 aliphatic rings. The third-order valence-electron chi connectivity index (χ3n) is 4.60. The minimum Gasteiger partial charge on any atom is -0.229 e. The van der Waals surface area contributed by atoms with Crippen molar-refractivity contribution in [3.8, 4) is 22.6 Å². The molecule has 4 rings (SSSR count). The Labute approximate surface area is 163 Å². The summed E-state index contributed by atoms with van der Waals surface area (Å²) in [5.41, 5.74) is 6.65. The highest BCUT2D eigenvalue weighted by Gasteiger charge is 2.23. The fourth-order valence-corrected chi connectivity index (χ4v) is 3.77. The number of nitrogens with zero attached hydrogens (tertiary/aromatic N) is 5. The zero-order valence-corrected chi connectivity index (χ0v) is 16.4. The smallest absolute Gasteiger partial charge is 0.145 e. The van der Waals surface area contributed by atoms with Gasteiger partial charge in [0.25, 0.3) is 0 Å². The minimum atomic E-state index is 0.919. The number of hydrogen-bond acceptors (Lipinski definition) is 4. The number of para-hydroxylation sites is 1. The number of aromatic nitrogens is 5. The van der Waals surface area contributed by atoms with E-state index in [-0.39, 0.29) is 0 Å². The molecule has 0 saturated heterocycles. The van der Waals surface area contributed by atoms with Crippen LogP contribution in [0.25, 0.3) is 22.6 Å². The summed E-state index contributed by atoms with van der Waals surface area (Å²) < 4.78 is 3.85. The van der Waals surface area contributed by atoms with Crippen LogP contribution < -0.4 is 0 Å². The summed E-state index contributed by atoms with van der Waals surface area (Å²) >= 11 is 1.61. The molecule has 0 amide bonds. The quantitative estimate of drug-likeness (QED) is 0.474. The average molecular weight is 376 g/mol. The van der Waals surface area contributed by atoms with Crippen LogP contribution in [0, 0.1) is 6.92 Å². The molecule has 5 nitrogen and oxygen atoms in total. The van der Waals surface area contributed by atoms with Crippen LogP contribution in [0.3, 0.4) is 0 Å². The van der Waals surface area contributed by atoms with Crippen molar-refractivity contribution in [1.29, 1.82) is 0 Å². The van der Waals surface area contributed by atoms with Crippen LogP contribution >= 0.6 is 11.8 Å². The predicted octanol–water partition coefficient (Wildman–Crippen LogP) is 4.71. The van der Waals surface area contributed by atoms with Gasteiger partial charge in [-0.05, 0) is 31.2 Å². The summed E-state index contributed by atoms with van der Waals surface area (Å²) in [6.45, 7) is 4.26. The van der Waals surface area contributed by atoms with Gasteiger partial charge >= 0.3 is 0 Å². The molecule has 0 N–H and O–H groups in total. The normalized spacial score (nSPS) is 11.1. The maximum Gasteiger partial charge on any atom is 0.145 e. The summed E-state index contributed by atoms with van der Waals surface area (Å²) in [5.74, 6) is 0. The summed E-state index contributed by atoms with van der Waals surface area (Å²) in [5, 5.41) is 10.3. The lowest BCUT2D eigenvalue weighted by atomic mass is 10.1. The van der Waals surface area contributed by atoms with E-state index in [1.807, 2.05) is 10.9 Å². The Balaban J connectivity index is 2.06. The van der Waals surface area contributed by atoms with Gasteiger partial charge in [0.1, 0.15) is 29.1 Å². The van der Waals surface area contributed by atoms with Gasteiger partial charge in [-0.25, -0.2) is 14.3 Å². The van der Waals surface area contributed by atoms with Gasteiger partial charge < -0.3 is 0 Å².